The van der Waals surface area contributed by atoms with Crippen LogP contribution in [0.2, 0.25) is 0 Å². The van der Waals surface area contributed by atoms with Crippen LogP contribution < -0.4 is 9.72 Å². The number of unbranched alkanes of at least 4 members (excludes halogenated alkanes) is 4. The fourth-order valence-electron chi connectivity index (χ4n) is 6.63. The first kappa shape index (κ1) is 32.2. The lowest BCUT2D eigenvalue weighted by molar-refractivity contribution is -0.138. The van der Waals surface area contributed by atoms with Crippen LogP contribution in [0.5, 0.6) is 11.5 Å². The van der Waals surface area contributed by atoms with E-state index in [9.17, 15) is 24.9 Å². The highest BCUT2D eigenvalue weighted by molar-refractivity contribution is 6.05. The lowest BCUT2D eigenvalue weighted by Gasteiger charge is -2.45. The molecule has 0 amide bonds. The smallest absolute Gasteiger partial charge is 0.170 e. The van der Waals surface area contributed by atoms with E-state index in [-0.39, 0.29) is 37.4 Å². The van der Waals surface area contributed by atoms with Gasteiger partial charge in [0.25, 0.3) is 0 Å². The van der Waals surface area contributed by atoms with Crippen LogP contribution >= 0.6 is 0 Å². The molecule has 0 saturated carbocycles. The molecule has 3 aromatic rings. The van der Waals surface area contributed by atoms with Crippen molar-refractivity contribution >= 4 is 23.0 Å². The maximum atomic E-state index is 12.9. The molecule has 3 atom stereocenters. The average molecular weight is 612 g/mol. The second kappa shape index (κ2) is 14.3. The van der Waals surface area contributed by atoms with Gasteiger partial charge in [0, 0.05) is 29.7 Å². The van der Waals surface area contributed by atoms with E-state index in [1.807, 2.05) is 36.4 Å². The zero-order valence-corrected chi connectivity index (χ0v) is 25.9. The van der Waals surface area contributed by atoms with Crippen LogP contribution in [0.3, 0.4) is 0 Å². The molecule has 0 bridgehead atoms. The molecule has 3 N–H and O–H groups in total. The van der Waals surface area contributed by atoms with E-state index in [0.717, 1.165) is 48.1 Å². The lowest BCUT2D eigenvalue weighted by atomic mass is 9.61. The van der Waals surface area contributed by atoms with E-state index in [4.69, 9.17) is 4.74 Å². The Balaban J connectivity index is 1.47. The number of benzene rings is 1. The van der Waals surface area contributed by atoms with Gasteiger partial charge in [-0.25, -0.2) is 0 Å². The SMILES string of the molecule is CCCCCCCC(=O)C(O)C(=O)CCc1cc(OC)c(O)c(C2c3ccnc4c3C(=CC2(CO)Cc2ccc[n-]2)C=C[N-]4)c1. The number of phenols is 1. The third-order valence-corrected chi connectivity index (χ3v) is 8.94. The van der Waals surface area contributed by atoms with Gasteiger partial charge in [-0.15, -0.1) is 0 Å². The van der Waals surface area contributed by atoms with Crippen LogP contribution in [0.1, 0.15) is 85.7 Å². The molecule has 3 unspecified atom stereocenters. The average Bonchev–Trinajstić information content (AvgIpc) is 3.57. The van der Waals surface area contributed by atoms with Gasteiger partial charge in [-0.3, -0.25) is 9.59 Å². The van der Waals surface area contributed by atoms with Crippen molar-refractivity contribution in [3.05, 3.63) is 94.3 Å². The maximum Gasteiger partial charge on any atom is 0.170 e. The molecule has 2 aromatic heterocycles. The number of Topliss-reactive ketones (excluding diaryl/α,β-unsaturated/α-hetero) is 2. The number of aliphatic hydroxyl groups excluding tert-OH is 2. The number of hydrogen-bond acceptors (Lipinski definition) is 7. The van der Waals surface area contributed by atoms with Crippen molar-refractivity contribution in [3.8, 4) is 11.5 Å². The summed E-state index contributed by atoms with van der Waals surface area (Å²) < 4.78 is 5.58. The van der Waals surface area contributed by atoms with Gasteiger partial charge in [0.1, 0.15) is 0 Å². The summed E-state index contributed by atoms with van der Waals surface area (Å²) in [4.78, 5) is 34.3. The molecule has 9 nitrogen and oxygen atoms in total. The number of phenolic OH excluding ortho intramolecular Hbond substituents is 1. The molecule has 0 saturated heterocycles. The number of ketones is 2. The number of aliphatic hydroxyl groups is 2. The molecule has 238 valence electrons. The number of rotatable bonds is 16. The van der Waals surface area contributed by atoms with Crippen LogP contribution in [0.4, 0.5) is 5.82 Å². The lowest BCUT2D eigenvalue weighted by Crippen LogP contribution is -2.37. The Hall–Kier alpha value is -4.21. The van der Waals surface area contributed by atoms with Crippen molar-refractivity contribution in [2.75, 3.05) is 13.7 Å². The quantitative estimate of drug-likeness (QED) is 0.136. The van der Waals surface area contributed by atoms with Crippen LogP contribution in [0.15, 0.2) is 61.1 Å². The first-order valence-electron chi connectivity index (χ1n) is 15.7. The van der Waals surface area contributed by atoms with Gasteiger partial charge < -0.3 is 35.3 Å². The summed E-state index contributed by atoms with van der Waals surface area (Å²) >= 11 is 0. The standard InChI is InChI=1S/C36H41N3O6/c1-3-4-5-6-7-10-28(41)34(44)29(42)12-11-23-18-27(33(43)30(19-23)45-2)32-26-14-17-39-35-31(26)24(13-16-38-35)20-36(32,22-40)21-25-9-8-15-37-25/h8-9,13-20,32,34,40,44H,3-7,10-12,21-22H2,1-2H3,(H-,38,39,43)/q-2. The summed E-state index contributed by atoms with van der Waals surface area (Å²) in [6.07, 6.45) is 12.9. The van der Waals surface area contributed by atoms with Crippen LogP contribution in [-0.4, -0.2) is 51.7 Å². The number of aromatic nitrogens is 2. The monoisotopic (exact) mass is 611 g/mol. The van der Waals surface area contributed by atoms with E-state index in [0.29, 0.717) is 29.8 Å². The van der Waals surface area contributed by atoms with Crippen molar-refractivity contribution < 1.29 is 29.6 Å². The predicted molar refractivity (Wildman–Crippen MR) is 172 cm³/mol. The minimum absolute atomic E-state index is 0.0538. The maximum absolute atomic E-state index is 12.9. The zero-order valence-electron chi connectivity index (χ0n) is 25.9. The molecule has 1 aliphatic heterocycles. The summed E-state index contributed by atoms with van der Waals surface area (Å²) in [6, 6.07) is 9.14. The Kier molecular flexibility index (Phi) is 10.2. The van der Waals surface area contributed by atoms with Gasteiger partial charge in [-0.1, -0.05) is 87.2 Å². The van der Waals surface area contributed by atoms with Gasteiger partial charge in [0.15, 0.2) is 29.2 Å². The van der Waals surface area contributed by atoms with Gasteiger partial charge in [0.05, 0.1) is 13.7 Å². The topological polar surface area (TPSA) is 145 Å². The summed E-state index contributed by atoms with van der Waals surface area (Å²) in [5.74, 6) is -0.821. The fraction of sp³-hybridized carbons (Fsp3) is 0.417. The van der Waals surface area contributed by atoms with E-state index >= 15 is 0 Å². The van der Waals surface area contributed by atoms with E-state index in [1.165, 1.54) is 7.11 Å². The normalized spacial score (nSPS) is 18.9. The van der Waals surface area contributed by atoms with Crippen molar-refractivity contribution in [2.45, 2.75) is 76.7 Å². The van der Waals surface area contributed by atoms with E-state index in [2.05, 4.69) is 22.2 Å². The van der Waals surface area contributed by atoms with Crippen LogP contribution in [-0.2, 0) is 22.4 Å². The molecule has 0 radical (unpaired) electrons. The van der Waals surface area contributed by atoms with Crippen molar-refractivity contribution in [1.82, 2.24) is 9.97 Å². The van der Waals surface area contributed by atoms with E-state index in [1.54, 1.807) is 24.7 Å². The van der Waals surface area contributed by atoms with Gasteiger partial charge in [0.2, 0.25) is 0 Å². The number of carbonyl (C=O) groups excluding carboxylic acids is 2. The number of nitrogens with zero attached hydrogens (tertiary/aromatic N) is 3. The Labute approximate surface area is 264 Å². The number of pyridine rings is 1. The number of hydrogen-bond donors (Lipinski definition) is 3. The fourth-order valence-corrected chi connectivity index (χ4v) is 6.63. The molecule has 45 heavy (non-hydrogen) atoms. The summed E-state index contributed by atoms with van der Waals surface area (Å²) in [5, 5.41) is 37.6. The molecular weight excluding hydrogens is 570 g/mol. The highest BCUT2D eigenvalue weighted by atomic mass is 16.5. The number of methoxy groups -OCH3 is 1. The highest BCUT2D eigenvalue weighted by Gasteiger charge is 2.44. The Morgan fingerprint density at radius 3 is 2.62 bits per heavy atom. The Morgan fingerprint density at radius 2 is 1.89 bits per heavy atom. The Bertz CT molecular complexity index is 1580. The summed E-state index contributed by atoms with van der Waals surface area (Å²) in [5.41, 5.74) is 3.66. The molecule has 9 heteroatoms. The molecule has 1 aliphatic carbocycles. The number of aromatic hydroxyl groups is 1. The van der Waals surface area contributed by atoms with Crippen molar-refractivity contribution in [2.24, 2.45) is 5.41 Å². The van der Waals surface area contributed by atoms with Crippen LogP contribution in [0.25, 0.3) is 10.9 Å². The molecule has 0 fully saturated rings. The number of aryl methyl sites for hydroxylation is 1. The Morgan fingerprint density at radius 1 is 1.09 bits per heavy atom. The minimum Gasteiger partial charge on any atom is -0.668 e. The summed E-state index contributed by atoms with van der Waals surface area (Å²) in [6.45, 7) is 1.88. The summed E-state index contributed by atoms with van der Waals surface area (Å²) in [7, 11) is 1.46. The first-order chi connectivity index (χ1) is 21.8. The van der Waals surface area contributed by atoms with Crippen molar-refractivity contribution in [3.63, 3.8) is 0 Å². The third kappa shape index (κ3) is 6.74. The first-order valence-corrected chi connectivity index (χ1v) is 15.7. The van der Waals surface area contributed by atoms with Crippen molar-refractivity contribution in [1.29, 1.82) is 0 Å². The van der Waals surface area contributed by atoms with Crippen LogP contribution in [0, 0.1) is 5.41 Å². The molecule has 3 heterocycles. The number of ether oxygens (including phenoxy) is 1. The molecule has 2 aliphatic rings. The second-order valence-electron chi connectivity index (χ2n) is 12.0. The third-order valence-electron chi connectivity index (χ3n) is 8.94. The molecular formula is C36H41N3O6-2. The molecule has 5 rings (SSSR count). The number of carbonyl (C=O) groups is 2. The minimum atomic E-state index is -1.64. The molecule has 1 aromatic carbocycles. The van der Waals surface area contributed by atoms with Gasteiger partial charge >= 0.3 is 0 Å². The van der Waals surface area contributed by atoms with E-state index < -0.39 is 29.0 Å². The largest absolute Gasteiger partial charge is 0.668 e. The second-order valence-corrected chi connectivity index (χ2v) is 12.0. The van der Waals surface area contributed by atoms with Gasteiger partial charge in [-0.05, 0) is 47.6 Å². The van der Waals surface area contributed by atoms with Gasteiger partial charge in [-0.2, -0.15) is 11.9 Å². The predicted octanol–water partition coefficient (Wildman–Crippen LogP) is 5.83. The number of allylic oxidation sites excluding steroid dienone is 2. The zero-order chi connectivity index (χ0) is 32.0. The molecule has 0 spiro atoms. The highest BCUT2D eigenvalue weighted by Crippen LogP contribution is 2.56.